The van der Waals surface area contributed by atoms with Crippen LogP contribution in [0.3, 0.4) is 0 Å². The van der Waals surface area contributed by atoms with E-state index in [4.69, 9.17) is 0 Å². The van der Waals surface area contributed by atoms with Crippen molar-refractivity contribution in [2.45, 2.75) is 52.0 Å². The van der Waals surface area contributed by atoms with Gasteiger partial charge in [0.1, 0.15) is 0 Å². The van der Waals surface area contributed by atoms with E-state index in [9.17, 15) is 18.0 Å². The van der Waals surface area contributed by atoms with Crippen molar-refractivity contribution in [3.8, 4) is 0 Å². The molecule has 1 aliphatic heterocycles. The average Bonchev–Trinajstić information content (AvgIpc) is 2.85. The second-order valence-electron chi connectivity index (χ2n) is 8.92. The third-order valence-corrected chi connectivity index (χ3v) is 8.20. The van der Waals surface area contributed by atoms with Crippen molar-refractivity contribution in [3.63, 3.8) is 0 Å². The minimum absolute atomic E-state index is 0.0234. The number of carbonyl (C=O) groups is 2. The molecule has 0 spiro atoms. The SMILES string of the molecule is CC[C@@H](C)NC(=O)c1ccccc1NC(=O)[C@@H]1CCCN(S(=O)(=O)CCCc2ccccc2)C1. The molecule has 1 aliphatic rings. The quantitative estimate of drug-likeness (QED) is 0.535. The van der Waals surface area contributed by atoms with Crippen molar-refractivity contribution in [1.82, 2.24) is 9.62 Å². The fourth-order valence-electron chi connectivity index (χ4n) is 4.07. The average molecular weight is 486 g/mol. The zero-order valence-corrected chi connectivity index (χ0v) is 20.8. The van der Waals surface area contributed by atoms with Crippen LogP contribution in [0.4, 0.5) is 5.69 Å². The van der Waals surface area contributed by atoms with E-state index in [1.54, 1.807) is 24.3 Å². The lowest BCUT2D eigenvalue weighted by atomic mass is 9.98. The first-order valence-electron chi connectivity index (χ1n) is 12.0. The summed E-state index contributed by atoms with van der Waals surface area (Å²) < 4.78 is 27.3. The number of hydrogen-bond donors (Lipinski definition) is 2. The predicted molar refractivity (Wildman–Crippen MR) is 135 cm³/mol. The summed E-state index contributed by atoms with van der Waals surface area (Å²) in [5.41, 5.74) is 1.96. The van der Waals surface area contributed by atoms with Crippen LogP contribution in [0.25, 0.3) is 0 Å². The number of nitrogens with one attached hydrogen (secondary N) is 2. The molecule has 2 atom stereocenters. The van der Waals surface area contributed by atoms with Crippen LogP contribution in [0.2, 0.25) is 0 Å². The number of rotatable bonds is 10. The van der Waals surface area contributed by atoms with Crippen molar-refractivity contribution >= 4 is 27.5 Å². The number of amides is 2. The minimum atomic E-state index is -3.44. The Morgan fingerprint density at radius 2 is 1.79 bits per heavy atom. The molecule has 1 saturated heterocycles. The maximum atomic E-state index is 13.0. The van der Waals surface area contributed by atoms with E-state index in [0.717, 1.165) is 12.0 Å². The van der Waals surface area contributed by atoms with Crippen molar-refractivity contribution < 1.29 is 18.0 Å². The summed E-state index contributed by atoms with van der Waals surface area (Å²) in [4.78, 5) is 25.7. The zero-order valence-electron chi connectivity index (χ0n) is 20.0. The summed E-state index contributed by atoms with van der Waals surface area (Å²) in [6.07, 6.45) is 3.29. The Labute approximate surface area is 203 Å². The van der Waals surface area contributed by atoms with Gasteiger partial charge in [0.15, 0.2) is 0 Å². The van der Waals surface area contributed by atoms with Gasteiger partial charge >= 0.3 is 0 Å². The summed E-state index contributed by atoms with van der Waals surface area (Å²) in [5, 5.41) is 5.79. The number of benzene rings is 2. The lowest BCUT2D eigenvalue weighted by Crippen LogP contribution is -2.44. The zero-order chi connectivity index (χ0) is 24.6. The summed E-state index contributed by atoms with van der Waals surface area (Å²) in [6.45, 7) is 4.52. The summed E-state index contributed by atoms with van der Waals surface area (Å²) in [6, 6.07) is 16.7. The molecule has 0 saturated carbocycles. The highest BCUT2D eigenvalue weighted by Crippen LogP contribution is 2.23. The highest BCUT2D eigenvalue weighted by atomic mass is 32.2. The Morgan fingerprint density at radius 3 is 2.53 bits per heavy atom. The summed E-state index contributed by atoms with van der Waals surface area (Å²) >= 11 is 0. The second-order valence-corrected chi connectivity index (χ2v) is 11.0. The van der Waals surface area contributed by atoms with Crippen LogP contribution in [-0.2, 0) is 21.2 Å². The number of anilines is 1. The molecule has 1 fully saturated rings. The van der Waals surface area contributed by atoms with Gasteiger partial charge in [-0.1, -0.05) is 49.4 Å². The largest absolute Gasteiger partial charge is 0.350 e. The first kappa shape index (κ1) is 25.9. The number of para-hydroxylation sites is 1. The molecule has 2 N–H and O–H groups in total. The highest BCUT2D eigenvalue weighted by Gasteiger charge is 2.32. The van der Waals surface area contributed by atoms with Crippen LogP contribution in [0.5, 0.6) is 0 Å². The molecule has 1 heterocycles. The maximum absolute atomic E-state index is 13.0. The van der Waals surface area contributed by atoms with Crippen LogP contribution < -0.4 is 10.6 Å². The topological polar surface area (TPSA) is 95.6 Å². The van der Waals surface area contributed by atoms with Crippen molar-refractivity contribution in [3.05, 3.63) is 65.7 Å². The van der Waals surface area contributed by atoms with Gasteiger partial charge in [0.25, 0.3) is 5.91 Å². The Balaban J connectivity index is 1.59. The smallest absolute Gasteiger partial charge is 0.253 e. The second kappa shape index (κ2) is 12.1. The maximum Gasteiger partial charge on any atom is 0.253 e. The molecule has 0 bridgehead atoms. The van der Waals surface area contributed by atoms with Crippen molar-refractivity contribution in [2.24, 2.45) is 5.92 Å². The number of aryl methyl sites for hydroxylation is 1. The molecule has 8 heteroatoms. The summed E-state index contributed by atoms with van der Waals surface area (Å²) in [7, 11) is -3.44. The first-order chi connectivity index (χ1) is 16.3. The monoisotopic (exact) mass is 485 g/mol. The van der Waals surface area contributed by atoms with E-state index in [2.05, 4.69) is 10.6 Å². The molecule has 2 aromatic carbocycles. The Bertz CT molecular complexity index is 1070. The molecule has 2 aromatic rings. The molecule has 0 radical (unpaired) electrons. The van der Waals surface area contributed by atoms with Gasteiger partial charge in [0, 0.05) is 19.1 Å². The van der Waals surface area contributed by atoms with Crippen molar-refractivity contribution in [2.75, 3.05) is 24.2 Å². The van der Waals surface area contributed by atoms with Gasteiger partial charge < -0.3 is 10.6 Å². The molecule has 34 heavy (non-hydrogen) atoms. The fraction of sp³-hybridized carbons (Fsp3) is 0.462. The van der Waals surface area contributed by atoms with E-state index in [-0.39, 0.29) is 30.2 Å². The number of nitrogens with zero attached hydrogens (tertiary/aromatic N) is 1. The first-order valence-corrected chi connectivity index (χ1v) is 13.6. The molecule has 0 aliphatic carbocycles. The van der Waals surface area contributed by atoms with Gasteiger partial charge in [-0.25, -0.2) is 12.7 Å². The molecule has 2 amide bonds. The number of carbonyl (C=O) groups excluding carboxylic acids is 2. The molecular weight excluding hydrogens is 450 g/mol. The van der Waals surface area contributed by atoms with Crippen molar-refractivity contribution in [1.29, 1.82) is 0 Å². The van der Waals surface area contributed by atoms with E-state index < -0.39 is 15.9 Å². The van der Waals surface area contributed by atoms with Gasteiger partial charge in [0.05, 0.1) is 22.9 Å². The standard InChI is InChI=1S/C26H35N3O4S/c1-3-20(2)27-26(31)23-15-7-8-16-24(23)28-25(30)22-14-9-17-29(19-22)34(32,33)18-10-13-21-11-5-4-6-12-21/h4-8,11-12,15-16,20,22H,3,9-10,13-14,17-19H2,1-2H3,(H,27,31)(H,28,30)/t20-,22-/m1/s1. The lowest BCUT2D eigenvalue weighted by molar-refractivity contribution is -0.120. The number of hydrogen-bond acceptors (Lipinski definition) is 4. The molecule has 0 unspecified atom stereocenters. The van der Waals surface area contributed by atoms with E-state index >= 15 is 0 Å². The molecule has 184 valence electrons. The van der Waals surface area contributed by atoms with Crippen LogP contribution in [0, 0.1) is 5.92 Å². The predicted octanol–water partition coefficient (Wildman–Crippen LogP) is 3.83. The molecular formula is C26H35N3O4S. The Hall–Kier alpha value is -2.71. The Morgan fingerprint density at radius 1 is 1.09 bits per heavy atom. The van der Waals surface area contributed by atoms with Gasteiger partial charge in [-0.3, -0.25) is 9.59 Å². The molecule has 0 aromatic heterocycles. The molecule has 7 nitrogen and oxygen atoms in total. The third-order valence-electron chi connectivity index (χ3n) is 6.28. The third kappa shape index (κ3) is 7.14. The van der Waals surface area contributed by atoms with Crippen LogP contribution in [0.15, 0.2) is 54.6 Å². The van der Waals surface area contributed by atoms with E-state index in [0.29, 0.717) is 43.5 Å². The summed E-state index contributed by atoms with van der Waals surface area (Å²) in [5.74, 6) is -0.887. The van der Waals surface area contributed by atoms with E-state index in [1.165, 1.54) is 4.31 Å². The van der Waals surface area contributed by atoms with E-state index in [1.807, 2.05) is 44.2 Å². The van der Waals surface area contributed by atoms with Crippen LogP contribution >= 0.6 is 0 Å². The van der Waals surface area contributed by atoms with Gasteiger partial charge in [-0.2, -0.15) is 0 Å². The van der Waals surface area contributed by atoms with Crippen LogP contribution in [-0.4, -0.2) is 49.4 Å². The Kier molecular flexibility index (Phi) is 9.24. The van der Waals surface area contributed by atoms with Gasteiger partial charge in [0.2, 0.25) is 15.9 Å². The molecule has 3 rings (SSSR count). The minimum Gasteiger partial charge on any atom is -0.350 e. The highest BCUT2D eigenvalue weighted by molar-refractivity contribution is 7.89. The number of piperidine rings is 1. The fourth-order valence-corrected chi connectivity index (χ4v) is 5.65. The van der Waals surface area contributed by atoms with Crippen LogP contribution in [0.1, 0.15) is 55.5 Å². The normalized spacial score (nSPS) is 17.6. The van der Waals surface area contributed by atoms with Gasteiger partial charge in [-0.05, 0) is 56.7 Å². The number of sulfonamides is 1. The van der Waals surface area contributed by atoms with Gasteiger partial charge in [-0.15, -0.1) is 0 Å². The lowest BCUT2D eigenvalue weighted by Gasteiger charge is -2.31.